The van der Waals surface area contributed by atoms with Gasteiger partial charge in [-0.3, -0.25) is 4.79 Å². The van der Waals surface area contributed by atoms with Crippen molar-refractivity contribution in [3.63, 3.8) is 0 Å². The average Bonchev–Trinajstić information content (AvgIpc) is 2.97. The first kappa shape index (κ1) is 29.1. The Bertz CT molecular complexity index is 1200. The van der Waals surface area contributed by atoms with Gasteiger partial charge in [-0.15, -0.1) is 0 Å². The van der Waals surface area contributed by atoms with Crippen LogP contribution in [0.3, 0.4) is 0 Å². The van der Waals surface area contributed by atoms with Crippen LogP contribution in [0.2, 0.25) is 0 Å². The average molecular weight is 535 g/mol. The molecule has 1 saturated heterocycles. The van der Waals surface area contributed by atoms with E-state index in [0.29, 0.717) is 13.2 Å². The molecule has 3 aromatic carbocycles. The van der Waals surface area contributed by atoms with Gasteiger partial charge in [0, 0.05) is 12.5 Å². The second kappa shape index (κ2) is 13.9. The minimum absolute atomic E-state index is 0.0949. The first-order valence-corrected chi connectivity index (χ1v) is 14.2. The van der Waals surface area contributed by atoms with Crippen LogP contribution in [0.4, 0.5) is 0 Å². The third kappa shape index (κ3) is 7.18. The lowest BCUT2D eigenvalue weighted by atomic mass is 9.89. The smallest absolute Gasteiger partial charge is 0.315 e. The Kier molecular flexibility index (Phi) is 10.4. The van der Waals surface area contributed by atoms with Gasteiger partial charge in [-0.25, -0.2) is 0 Å². The third-order valence-corrected chi connectivity index (χ3v) is 7.66. The van der Waals surface area contributed by atoms with Crippen molar-refractivity contribution in [1.29, 1.82) is 0 Å². The van der Waals surface area contributed by atoms with Crippen molar-refractivity contribution in [3.8, 4) is 5.75 Å². The molecule has 2 unspecified atom stereocenters. The Labute approximate surface area is 232 Å². The summed E-state index contributed by atoms with van der Waals surface area (Å²) in [5.74, 6) is 0.0678. The molecule has 1 aliphatic rings. The molecule has 0 bridgehead atoms. The van der Waals surface area contributed by atoms with Crippen molar-refractivity contribution in [2.24, 2.45) is 5.92 Å². The number of hydrogen-bond acceptors (Lipinski definition) is 6. The van der Waals surface area contributed by atoms with Crippen molar-refractivity contribution in [2.75, 3.05) is 13.7 Å². The molecule has 210 valence electrons. The molecule has 39 heavy (non-hydrogen) atoms. The number of hydrogen-bond donors (Lipinski definition) is 0. The number of methoxy groups -OCH3 is 1. The van der Waals surface area contributed by atoms with Crippen LogP contribution >= 0.6 is 0 Å². The van der Waals surface area contributed by atoms with E-state index in [1.54, 1.807) is 7.11 Å². The summed E-state index contributed by atoms with van der Waals surface area (Å²) in [4.78, 5) is 13.5. The highest BCUT2D eigenvalue weighted by Gasteiger charge is 2.47. The molecular weight excluding hydrogens is 492 g/mol. The minimum Gasteiger partial charge on any atom is -0.497 e. The van der Waals surface area contributed by atoms with Crippen LogP contribution in [0.5, 0.6) is 5.75 Å². The zero-order valence-corrected chi connectivity index (χ0v) is 23.8. The molecule has 6 nitrogen and oxygen atoms in total. The number of carbonyl (C=O) groups is 1. The number of fused-ring (bicyclic) bond motifs is 1. The lowest BCUT2D eigenvalue weighted by Gasteiger charge is -2.44. The highest BCUT2D eigenvalue weighted by Crippen LogP contribution is 2.34. The van der Waals surface area contributed by atoms with Crippen molar-refractivity contribution < 1.29 is 28.5 Å². The van der Waals surface area contributed by atoms with E-state index in [-0.39, 0.29) is 24.1 Å². The number of esters is 1. The van der Waals surface area contributed by atoms with Crippen LogP contribution in [-0.4, -0.2) is 44.3 Å². The summed E-state index contributed by atoms with van der Waals surface area (Å²) in [7, 11) is 1.65. The van der Waals surface area contributed by atoms with E-state index in [2.05, 4.69) is 20.8 Å². The third-order valence-electron chi connectivity index (χ3n) is 7.66. The van der Waals surface area contributed by atoms with E-state index in [0.717, 1.165) is 46.9 Å². The lowest BCUT2D eigenvalue weighted by molar-refractivity contribution is -0.294. The monoisotopic (exact) mass is 534 g/mol. The molecule has 1 heterocycles. The van der Waals surface area contributed by atoms with Crippen LogP contribution < -0.4 is 4.74 Å². The van der Waals surface area contributed by atoms with Crippen molar-refractivity contribution in [1.82, 2.24) is 0 Å². The van der Waals surface area contributed by atoms with Crippen molar-refractivity contribution in [2.45, 2.75) is 84.1 Å². The van der Waals surface area contributed by atoms with Crippen molar-refractivity contribution in [3.05, 3.63) is 77.9 Å². The van der Waals surface area contributed by atoms with Gasteiger partial charge in [-0.2, -0.15) is 0 Å². The quantitative estimate of drug-likeness (QED) is 0.184. The standard InChI is InChI=1S/C33H42O6/c1-6-8-18-36-30-23(4)29(7-2)38-33(31(30)37-21-24-12-10-9-11-13-24)39-32(34)22(3)25-14-15-27-20-28(35-5)17-16-26(27)19-25/h9-17,19-20,22-23,29-31,33H,6-8,18,21H2,1-5H3/t22?,23-,29-,30+,31-,33?/m1/s1. The molecule has 0 amide bonds. The summed E-state index contributed by atoms with van der Waals surface area (Å²) in [5.41, 5.74) is 1.92. The molecule has 0 aliphatic carbocycles. The lowest BCUT2D eigenvalue weighted by Crippen LogP contribution is -2.57. The fourth-order valence-electron chi connectivity index (χ4n) is 5.14. The highest BCUT2D eigenvalue weighted by atomic mass is 16.7. The Balaban J connectivity index is 1.54. The van der Waals surface area contributed by atoms with E-state index in [4.69, 9.17) is 23.7 Å². The van der Waals surface area contributed by atoms with Gasteiger partial charge < -0.3 is 23.7 Å². The first-order chi connectivity index (χ1) is 18.9. The van der Waals surface area contributed by atoms with E-state index in [1.807, 2.05) is 73.7 Å². The molecule has 1 fully saturated rings. The second-order valence-corrected chi connectivity index (χ2v) is 10.4. The molecular formula is C33H42O6. The number of benzene rings is 3. The molecule has 6 heteroatoms. The van der Waals surface area contributed by atoms with Gasteiger partial charge in [0.15, 0.2) is 0 Å². The van der Waals surface area contributed by atoms with Gasteiger partial charge >= 0.3 is 5.97 Å². The summed E-state index contributed by atoms with van der Waals surface area (Å²) in [6.07, 6.45) is 1.04. The van der Waals surface area contributed by atoms with Gasteiger partial charge in [-0.05, 0) is 53.8 Å². The summed E-state index contributed by atoms with van der Waals surface area (Å²) in [6, 6.07) is 21.9. The number of ether oxygens (including phenoxy) is 5. The van der Waals surface area contributed by atoms with Gasteiger partial charge in [0.25, 0.3) is 0 Å². The van der Waals surface area contributed by atoms with Gasteiger partial charge in [0.05, 0.1) is 31.8 Å². The van der Waals surface area contributed by atoms with Crippen LogP contribution in [0.1, 0.15) is 64.0 Å². The van der Waals surface area contributed by atoms with Gasteiger partial charge in [0.2, 0.25) is 6.29 Å². The molecule has 4 rings (SSSR count). The second-order valence-electron chi connectivity index (χ2n) is 10.4. The van der Waals surface area contributed by atoms with E-state index < -0.39 is 18.3 Å². The molecule has 0 spiro atoms. The fourth-order valence-corrected chi connectivity index (χ4v) is 5.14. The molecule has 6 atom stereocenters. The fraction of sp³-hybridized carbons (Fsp3) is 0.485. The Morgan fingerprint density at radius 2 is 1.69 bits per heavy atom. The molecule has 0 N–H and O–H groups in total. The summed E-state index contributed by atoms with van der Waals surface area (Å²) in [6.45, 7) is 9.24. The van der Waals surface area contributed by atoms with Gasteiger partial charge in [0.1, 0.15) is 11.9 Å². The topological polar surface area (TPSA) is 63.2 Å². The predicted molar refractivity (Wildman–Crippen MR) is 153 cm³/mol. The zero-order chi connectivity index (χ0) is 27.8. The van der Waals surface area contributed by atoms with E-state index in [1.165, 1.54) is 0 Å². The largest absolute Gasteiger partial charge is 0.497 e. The van der Waals surface area contributed by atoms with Gasteiger partial charge in [-0.1, -0.05) is 81.8 Å². The highest BCUT2D eigenvalue weighted by molar-refractivity contribution is 5.86. The van der Waals surface area contributed by atoms with Crippen LogP contribution in [0.25, 0.3) is 10.8 Å². The molecule has 0 radical (unpaired) electrons. The maximum absolute atomic E-state index is 13.5. The number of carbonyl (C=O) groups excluding carboxylic acids is 1. The van der Waals surface area contributed by atoms with E-state index in [9.17, 15) is 4.79 Å². The number of unbranched alkanes of at least 4 members (excludes halogenated alkanes) is 1. The Hall–Kier alpha value is -2.93. The molecule has 1 aliphatic heterocycles. The van der Waals surface area contributed by atoms with Crippen molar-refractivity contribution >= 4 is 16.7 Å². The summed E-state index contributed by atoms with van der Waals surface area (Å²) in [5, 5.41) is 2.09. The normalized spacial score (nSPS) is 23.9. The Morgan fingerprint density at radius 1 is 0.949 bits per heavy atom. The first-order valence-electron chi connectivity index (χ1n) is 14.2. The SMILES string of the molecule is CCCCO[C@H]1[C@H](C)[C@@H](CC)OC(OC(=O)C(C)c2ccc3cc(OC)ccc3c2)[C@@H]1OCc1ccccc1. The van der Waals surface area contributed by atoms with Crippen LogP contribution in [-0.2, 0) is 30.3 Å². The maximum atomic E-state index is 13.5. The molecule has 3 aromatic rings. The van der Waals surface area contributed by atoms with Crippen LogP contribution in [0.15, 0.2) is 66.7 Å². The van der Waals surface area contributed by atoms with E-state index >= 15 is 0 Å². The number of rotatable bonds is 12. The summed E-state index contributed by atoms with van der Waals surface area (Å²) >= 11 is 0. The predicted octanol–water partition coefficient (Wildman–Crippen LogP) is 7.04. The minimum atomic E-state index is -0.860. The maximum Gasteiger partial charge on any atom is 0.315 e. The Morgan fingerprint density at radius 3 is 2.41 bits per heavy atom. The zero-order valence-electron chi connectivity index (χ0n) is 23.8. The molecule has 0 aromatic heterocycles. The molecule has 0 saturated carbocycles. The summed E-state index contributed by atoms with van der Waals surface area (Å²) < 4.78 is 30.6. The van der Waals surface area contributed by atoms with Crippen LogP contribution in [0, 0.1) is 5.92 Å².